The van der Waals surface area contributed by atoms with Crippen molar-refractivity contribution in [2.75, 3.05) is 0 Å². The third-order valence-corrected chi connectivity index (χ3v) is 3.33. The predicted octanol–water partition coefficient (Wildman–Crippen LogP) is 4.45. The Morgan fingerprint density at radius 1 is 1.14 bits per heavy atom. The van der Waals surface area contributed by atoms with Crippen molar-refractivity contribution in [1.29, 1.82) is 0 Å². The molecule has 2 nitrogen and oxygen atoms in total. The Balaban J connectivity index is 0.00000220. The molecule has 0 fully saturated rings. The molecule has 0 aliphatic rings. The highest BCUT2D eigenvalue weighted by Crippen LogP contribution is 2.30. The van der Waals surface area contributed by atoms with Crippen molar-refractivity contribution in [2.45, 2.75) is 18.6 Å². The van der Waals surface area contributed by atoms with E-state index >= 15 is 0 Å². The van der Waals surface area contributed by atoms with Crippen LogP contribution in [0.15, 0.2) is 41.1 Å². The van der Waals surface area contributed by atoms with Gasteiger partial charge in [-0.3, -0.25) is 0 Å². The number of rotatable bonds is 5. The van der Waals surface area contributed by atoms with E-state index in [4.69, 9.17) is 5.73 Å². The van der Waals surface area contributed by atoms with Crippen molar-refractivity contribution in [3.63, 3.8) is 0 Å². The van der Waals surface area contributed by atoms with Gasteiger partial charge in [-0.2, -0.15) is 28.9 Å². The zero-order valence-electron chi connectivity index (χ0n) is 10.5. The summed E-state index contributed by atoms with van der Waals surface area (Å²) in [6.07, 6.45) is -8.41. The first kappa shape index (κ1) is 17.7. The first-order valence-corrected chi connectivity index (χ1v) is 6.57. The molecule has 2 N–H and O–H groups in total. The number of halogens is 5. The molecular weight excluding hydrogens is 330 g/mol. The first-order valence-electron chi connectivity index (χ1n) is 5.63. The van der Waals surface area contributed by atoms with Crippen LogP contribution in [0.5, 0.6) is 5.75 Å². The van der Waals surface area contributed by atoms with Crippen LogP contribution in [0, 0.1) is 0 Å². The van der Waals surface area contributed by atoms with E-state index in [0.717, 1.165) is 5.56 Å². The van der Waals surface area contributed by atoms with E-state index in [1.54, 1.807) is 12.1 Å². The van der Waals surface area contributed by atoms with Gasteiger partial charge >= 0.3 is 12.5 Å². The molecule has 8 heteroatoms. The predicted molar refractivity (Wildman–Crippen MR) is 75.6 cm³/mol. The molecule has 1 atom stereocenters. The number of hydrogen-bond acceptors (Lipinski definition) is 3. The van der Waals surface area contributed by atoms with Crippen LogP contribution in [0.25, 0.3) is 0 Å². The van der Waals surface area contributed by atoms with Gasteiger partial charge in [0.05, 0.1) is 6.04 Å². The largest absolute Gasteiger partial charge is 0.461 e. The third kappa shape index (κ3) is 4.33. The average molecular weight is 342 g/mol. The summed E-state index contributed by atoms with van der Waals surface area (Å²) >= 11 is 1.45. The summed E-state index contributed by atoms with van der Waals surface area (Å²) in [5.74, 6) is -0.349. The fraction of sp³-hybridized carbons (Fsp3) is 0.231. The molecule has 0 saturated heterocycles. The van der Waals surface area contributed by atoms with Gasteiger partial charge in [0.25, 0.3) is 0 Å². The van der Waals surface area contributed by atoms with Crippen molar-refractivity contribution in [3.8, 4) is 5.75 Å². The van der Waals surface area contributed by atoms with Crippen LogP contribution in [0.3, 0.4) is 0 Å². The van der Waals surface area contributed by atoms with Crippen LogP contribution in [0.2, 0.25) is 0 Å². The highest BCUT2D eigenvalue weighted by atomic mass is 35.5. The molecule has 2 aromatic rings. The van der Waals surface area contributed by atoms with Gasteiger partial charge in [0, 0.05) is 0 Å². The van der Waals surface area contributed by atoms with Gasteiger partial charge in [0.15, 0.2) is 0 Å². The van der Waals surface area contributed by atoms with Crippen molar-refractivity contribution in [2.24, 2.45) is 5.73 Å². The molecule has 2 rings (SSSR count). The number of benzene rings is 1. The number of alkyl halides is 4. The van der Waals surface area contributed by atoms with Crippen LogP contribution in [0.1, 0.15) is 17.2 Å². The number of nitrogens with two attached hydrogens (primary N) is 1. The van der Waals surface area contributed by atoms with E-state index in [2.05, 4.69) is 4.74 Å². The SMILES string of the molecule is Cl.N[C@H](c1ccsc1)c1cccc(OC(F)(F)C(F)F)c1. The molecule has 116 valence electrons. The van der Waals surface area contributed by atoms with Gasteiger partial charge in [-0.1, -0.05) is 12.1 Å². The maximum atomic E-state index is 12.8. The van der Waals surface area contributed by atoms with Gasteiger partial charge in [-0.25, -0.2) is 0 Å². The minimum absolute atomic E-state index is 0. The summed E-state index contributed by atoms with van der Waals surface area (Å²) in [6.45, 7) is 0. The lowest BCUT2D eigenvalue weighted by molar-refractivity contribution is -0.253. The van der Waals surface area contributed by atoms with E-state index in [-0.39, 0.29) is 18.2 Å². The molecule has 0 aliphatic heterocycles. The van der Waals surface area contributed by atoms with Crippen LogP contribution < -0.4 is 10.5 Å². The minimum Gasteiger partial charge on any atom is -0.428 e. The molecule has 1 aromatic carbocycles. The Morgan fingerprint density at radius 3 is 2.43 bits per heavy atom. The summed E-state index contributed by atoms with van der Waals surface area (Å²) in [5, 5.41) is 3.66. The van der Waals surface area contributed by atoms with E-state index in [0.29, 0.717) is 5.56 Å². The van der Waals surface area contributed by atoms with Crippen LogP contribution in [-0.4, -0.2) is 12.5 Å². The van der Waals surface area contributed by atoms with Crippen LogP contribution in [0.4, 0.5) is 17.6 Å². The molecule has 0 spiro atoms. The zero-order valence-corrected chi connectivity index (χ0v) is 12.1. The summed E-state index contributed by atoms with van der Waals surface area (Å²) in [5.41, 5.74) is 7.29. The fourth-order valence-electron chi connectivity index (χ4n) is 1.62. The molecule has 0 amide bonds. The quantitative estimate of drug-likeness (QED) is 0.815. The molecular formula is C13H12ClF4NOS. The molecule has 1 aromatic heterocycles. The molecule has 1 heterocycles. The lowest BCUT2D eigenvalue weighted by Gasteiger charge is -2.18. The molecule has 0 unspecified atom stereocenters. The fourth-order valence-corrected chi connectivity index (χ4v) is 2.31. The van der Waals surface area contributed by atoms with E-state index in [1.165, 1.54) is 29.5 Å². The van der Waals surface area contributed by atoms with Gasteiger partial charge in [-0.05, 0) is 40.1 Å². The Hall–Kier alpha value is -1.31. The second-order valence-electron chi connectivity index (χ2n) is 4.07. The van der Waals surface area contributed by atoms with Crippen LogP contribution in [-0.2, 0) is 0 Å². The van der Waals surface area contributed by atoms with Gasteiger partial charge < -0.3 is 10.5 Å². The van der Waals surface area contributed by atoms with Crippen molar-refractivity contribution in [1.82, 2.24) is 0 Å². The average Bonchev–Trinajstić information content (AvgIpc) is 2.91. The monoisotopic (exact) mass is 341 g/mol. The Labute approximate surface area is 128 Å². The number of thiophene rings is 1. The van der Waals surface area contributed by atoms with E-state index in [9.17, 15) is 17.6 Å². The standard InChI is InChI=1S/C13H11F4NOS.ClH/c14-12(15)13(16,17)19-10-3-1-2-8(6-10)11(18)9-4-5-20-7-9;/h1-7,11-12H,18H2;1H/t11-;/m0./s1. The Morgan fingerprint density at radius 2 is 1.86 bits per heavy atom. The lowest BCUT2D eigenvalue weighted by Crippen LogP contribution is -2.33. The van der Waals surface area contributed by atoms with E-state index in [1.807, 2.05) is 10.8 Å². The summed E-state index contributed by atoms with van der Waals surface area (Å²) in [4.78, 5) is 0. The second-order valence-corrected chi connectivity index (χ2v) is 4.85. The summed E-state index contributed by atoms with van der Waals surface area (Å²) in [6, 6.07) is 6.74. The maximum absolute atomic E-state index is 12.8. The van der Waals surface area contributed by atoms with Gasteiger partial charge in [0.2, 0.25) is 0 Å². The van der Waals surface area contributed by atoms with E-state index < -0.39 is 18.6 Å². The van der Waals surface area contributed by atoms with Crippen molar-refractivity contribution in [3.05, 3.63) is 52.2 Å². The molecule has 0 saturated carbocycles. The molecule has 0 bridgehead atoms. The molecule has 21 heavy (non-hydrogen) atoms. The number of ether oxygens (including phenoxy) is 1. The normalized spacial score (nSPS) is 12.9. The summed E-state index contributed by atoms with van der Waals surface area (Å²) < 4.78 is 53.9. The Kier molecular flexibility index (Phi) is 6.00. The minimum atomic E-state index is -4.52. The second kappa shape index (κ2) is 7.11. The highest BCUT2D eigenvalue weighted by molar-refractivity contribution is 7.08. The third-order valence-electron chi connectivity index (χ3n) is 2.63. The first-order chi connectivity index (χ1) is 9.40. The Bertz CT molecular complexity index is 565. The smallest absolute Gasteiger partial charge is 0.428 e. The molecule has 0 radical (unpaired) electrons. The maximum Gasteiger partial charge on any atom is 0.461 e. The summed E-state index contributed by atoms with van der Waals surface area (Å²) in [7, 11) is 0. The van der Waals surface area contributed by atoms with Crippen LogP contribution >= 0.6 is 23.7 Å². The molecule has 0 aliphatic carbocycles. The zero-order chi connectivity index (χ0) is 14.8. The van der Waals surface area contributed by atoms with Gasteiger partial charge in [-0.15, -0.1) is 12.4 Å². The lowest BCUT2D eigenvalue weighted by atomic mass is 10.0. The van der Waals surface area contributed by atoms with Gasteiger partial charge in [0.1, 0.15) is 5.75 Å². The van der Waals surface area contributed by atoms with Crippen molar-refractivity contribution < 1.29 is 22.3 Å². The number of hydrogen-bond donors (Lipinski definition) is 1. The van der Waals surface area contributed by atoms with Crippen molar-refractivity contribution >= 4 is 23.7 Å². The topological polar surface area (TPSA) is 35.2 Å². The highest BCUT2D eigenvalue weighted by Gasteiger charge is 2.44.